The molecule has 0 spiro atoms. The minimum atomic E-state index is 0.289. The zero-order valence-corrected chi connectivity index (χ0v) is 15.1. The fraction of sp³-hybridized carbons (Fsp3) is 0.412. The van der Waals surface area contributed by atoms with Crippen LogP contribution in [0.2, 0.25) is 5.15 Å². The number of nitrogens with zero attached hydrogens (tertiary/aromatic N) is 5. The van der Waals surface area contributed by atoms with Gasteiger partial charge in [0.1, 0.15) is 11.0 Å². The number of rotatable bonds is 8. The number of aromatic nitrogens is 5. The molecule has 0 bridgehead atoms. The molecule has 0 aliphatic heterocycles. The van der Waals surface area contributed by atoms with Crippen LogP contribution in [-0.2, 0) is 6.42 Å². The highest BCUT2D eigenvalue weighted by Crippen LogP contribution is 2.22. The number of aryl methyl sites for hydroxylation is 1. The van der Waals surface area contributed by atoms with Crippen molar-refractivity contribution in [1.82, 2.24) is 24.6 Å². The second-order valence-electron chi connectivity index (χ2n) is 5.68. The van der Waals surface area contributed by atoms with Gasteiger partial charge in [-0.15, -0.1) is 0 Å². The Bertz CT molecular complexity index is 817. The number of anilines is 1. The van der Waals surface area contributed by atoms with Gasteiger partial charge in [0.2, 0.25) is 0 Å². The Morgan fingerprint density at radius 2 is 2.12 bits per heavy atom. The molecule has 0 saturated carbocycles. The maximum absolute atomic E-state index is 6.16. The van der Waals surface area contributed by atoms with Crippen LogP contribution in [0.5, 0.6) is 6.01 Å². The van der Waals surface area contributed by atoms with Crippen molar-refractivity contribution in [2.75, 3.05) is 18.5 Å². The van der Waals surface area contributed by atoms with Gasteiger partial charge in [-0.2, -0.15) is 15.1 Å². The van der Waals surface area contributed by atoms with E-state index in [9.17, 15) is 0 Å². The first kappa shape index (κ1) is 17.4. The third-order valence-electron chi connectivity index (χ3n) is 3.67. The van der Waals surface area contributed by atoms with Gasteiger partial charge >= 0.3 is 6.01 Å². The Labute approximate surface area is 151 Å². The third-order valence-corrected chi connectivity index (χ3v) is 4.04. The first-order valence-corrected chi connectivity index (χ1v) is 8.76. The predicted molar refractivity (Wildman–Crippen MR) is 97.4 cm³/mol. The molecule has 0 radical (unpaired) electrons. The summed E-state index contributed by atoms with van der Waals surface area (Å²) in [5.41, 5.74) is 1.68. The first-order chi connectivity index (χ1) is 12.2. The lowest BCUT2D eigenvalue weighted by atomic mass is 10.3. The van der Waals surface area contributed by atoms with Crippen LogP contribution in [0.3, 0.4) is 0 Å². The van der Waals surface area contributed by atoms with Crippen LogP contribution in [-0.4, -0.2) is 37.7 Å². The Morgan fingerprint density at radius 1 is 1.24 bits per heavy atom. The largest absolute Gasteiger partial charge is 0.463 e. The molecule has 3 aromatic heterocycles. The lowest BCUT2D eigenvalue weighted by Crippen LogP contribution is -2.09. The van der Waals surface area contributed by atoms with Crippen molar-refractivity contribution in [2.24, 2.45) is 0 Å². The van der Waals surface area contributed by atoms with E-state index < -0.39 is 0 Å². The molecule has 0 amide bonds. The van der Waals surface area contributed by atoms with E-state index in [2.05, 4.69) is 32.3 Å². The summed E-state index contributed by atoms with van der Waals surface area (Å²) in [6.45, 7) is 5.28. The number of hydrogen-bond donors (Lipinski definition) is 1. The number of pyridine rings is 1. The molecular weight excluding hydrogens is 340 g/mol. The van der Waals surface area contributed by atoms with Crippen molar-refractivity contribution >= 4 is 23.1 Å². The molecule has 3 rings (SSSR count). The highest BCUT2D eigenvalue weighted by molar-refractivity contribution is 6.30. The lowest BCUT2D eigenvalue weighted by molar-refractivity contribution is 0.286. The highest BCUT2D eigenvalue weighted by atomic mass is 35.5. The van der Waals surface area contributed by atoms with E-state index in [1.807, 2.05) is 31.3 Å². The smallest absolute Gasteiger partial charge is 0.319 e. The molecule has 0 fully saturated rings. The standard InChI is InChI=1S/C17H21ClN6O/c1-3-9-19-16-12(2)15(18)21-17(22-16)25-11-6-7-13-20-14-8-4-5-10-24(14)23-13/h4-5,8,10H,3,6-7,9,11H2,1-2H3,(H,19,21,22). The summed E-state index contributed by atoms with van der Waals surface area (Å²) in [7, 11) is 0. The first-order valence-electron chi connectivity index (χ1n) is 8.38. The van der Waals surface area contributed by atoms with Crippen LogP contribution in [0.15, 0.2) is 24.4 Å². The molecule has 3 aromatic rings. The molecule has 0 atom stereocenters. The van der Waals surface area contributed by atoms with Crippen molar-refractivity contribution in [3.8, 4) is 6.01 Å². The molecule has 0 saturated heterocycles. The van der Waals surface area contributed by atoms with Crippen LogP contribution in [0.4, 0.5) is 5.82 Å². The summed E-state index contributed by atoms with van der Waals surface area (Å²) >= 11 is 6.16. The third kappa shape index (κ3) is 4.36. The number of fused-ring (bicyclic) bond motifs is 1. The zero-order chi connectivity index (χ0) is 17.6. The van der Waals surface area contributed by atoms with Gasteiger partial charge < -0.3 is 10.1 Å². The summed E-state index contributed by atoms with van der Waals surface area (Å²) in [5, 5.41) is 8.06. The number of halogens is 1. The van der Waals surface area contributed by atoms with E-state index in [0.29, 0.717) is 11.8 Å². The fourth-order valence-electron chi connectivity index (χ4n) is 2.33. The van der Waals surface area contributed by atoms with Crippen molar-refractivity contribution in [3.63, 3.8) is 0 Å². The molecule has 25 heavy (non-hydrogen) atoms. The maximum atomic E-state index is 6.16. The minimum Gasteiger partial charge on any atom is -0.463 e. The van der Waals surface area contributed by atoms with Crippen LogP contribution in [0.1, 0.15) is 31.2 Å². The average molecular weight is 361 g/mol. The van der Waals surface area contributed by atoms with Gasteiger partial charge in [0.25, 0.3) is 0 Å². The molecule has 0 aliphatic rings. The quantitative estimate of drug-likeness (QED) is 0.490. The van der Waals surface area contributed by atoms with Gasteiger partial charge in [-0.3, -0.25) is 0 Å². The summed E-state index contributed by atoms with van der Waals surface area (Å²) in [5.74, 6) is 1.52. The van der Waals surface area contributed by atoms with E-state index in [4.69, 9.17) is 16.3 Å². The van der Waals surface area contributed by atoms with Gasteiger partial charge in [0.05, 0.1) is 6.61 Å². The number of ether oxygens (including phenoxy) is 1. The molecule has 0 unspecified atom stereocenters. The van der Waals surface area contributed by atoms with Crippen LogP contribution < -0.4 is 10.1 Å². The zero-order valence-electron chi connectivity index (χ0n) is 14.4. The van der Waals surface area contributed by atoms with Crippen LogP contribution >= 0.6 is 11.6 Å². The van der Waals surface area contributed by atoms with Crippen LogP contribution in [0.25, 0.3) is 5.65 Å². The Kier molecular flexibility index (Phi) is 5.65. The minimum absolute atomic E-state index is 0.289. The van der Waals surface area contributed by atoms with Crippen molar-refractivity contribution in [3.05, 3.63) is 40.9 Å². The van der Waals surface area contributed by atoms with Gasteiger partial charge in [-0.05, 0) is 31.9 Å². The van der Waals surface area contributed by atoms with E-state index in [0.717, 1.165) is 48.7 Å². The monoisotopic (exact) mass is 360 g/mol. The number of hydrogen-bond acceptors (Lipinski definition) is 6. The van der Waals surface area contributed by atoms with Crippen molar-refractivity contribution in [2.45, 2.75) is 33.1 Å². The van der Waals surface area contributed by atoms with Gasteiger partial charge in [0.15, 0.2) is 11.5 Å². The summed E-state index contributed by atoms with van der Waals surface area (Å²) < 4.78 is 7.42. The summed E-state index contributed by atoms with van der Waals surface area (Å²) in [6, 6.07) is 6.09. The van der Waals surface area contributed by atoms with Gasteiger partial charge in [-0.25, -0.2) is 9.50 Å². The van der Waals surface area contributed by atoms with E-state index in [-0.39, 0.29) is 6.01 Å². The Morgan fingerprint density at radius 3 is 2.92 bits per heavy atom. The molecule has 0 aromatic carbocycles. The summed E-state index contributed by atoms with van der Waals surface area (Å²) in [6.07, 6.45) is 4.38. The lowest BCUT2D eigenvalue weighted by Gasteiger charge is -2.11. The maximum Gasteiger partial charge on any atom is 0.319 e. The fourth-order valence-corrected chi connectivity index (χ4v) is 2.49. The molecule has 1 N–H and O–H groups in total. The Hall–Kier alpha value is -2.41. The molecule has 3 heterocycles. The molecule has 0 aliphatic carbocycles. The second kappa shape index (κ2) is 8.11. The Balaban J connectivity index is 1.55. The van der Waals surface area contributed by atoms with Gasteiger partial charge in [0, 0.05) is 24.7 Å². The number of nitrogens with one attached hydrogen (secondary N) is 1. The van der Waals surface area contributed by atoms with Gasteiger partial charge in [-0.1, -0.05) is 24.6 Å². The molecular formula is C17H21ClN6O. The van der Waals surface area contributed by atoms with Crippen molar-refractivity contribution in [1.29, 1.82) is 0 Å². The molecule has 132 valence electrons. The topological polar surface area (TPSA) is 77.2 Å². The van der Waals surface area contributed by atoms with E-state index >= 15 is 0 Å². The predicted octanol–water partition coefficient (Wildman–Crippen LogP) is 3.31. The molecule has 8 heteroatoms. The highest BCUT2D eigenvalue weighted by Gasteiger charge is 2.10. The second-order valence-corrected chi connectivity index (χ2v) is 6.04. The van der Waals surface area contributed by atoms with Crippen molar-refractivity contribution < 1.29 is 4.74 Å². The molecule has 7 nitrogen and oxygen atoms in total. The normalized spacial score (nSPS) is 11.0. The van der Waals surface area contributed by atoms with Crippen LogP contribution in [0, 0.1) is 6.92 Å². The van der Waals surface area contributed by atoms with E-state index in [1.54, 1.807) is 4.52 Å². The van der Waals surface area contributed by atoms with E-state index in [1.165, 1.54) is 0 Å². The summed E-state index contributed by atoms with van der Waals surface area (Å²) in [4.78, 5) is 13.0. The average Bonchev–Trinajstić information content (AvgIpc) is 3.03. The SMILES string of the molecule is CCCNc1nc(OCCCc2nc3ccccn3n2)nc(Cl)c1C.